The Kier molecular flexibility index (Phi) is 10.7. The van der Waals surface area contributed by atoms with E-state index in [0.717, 1.165) is 11.1 Å². The van der Waals surface area contributed by atoms with Gasteiger partial charge in [0, 0.05) is 12.1 Å². The Morgan fingerprint density at radius 2 is 1.34 bits per heavy atom. The predicted octanol–water partition coefficient (Wildman–Crippen LogP) is 5.72. The van der Waals surface area contributed by atoms with Gasteiger partial charge in [0.1, 0.15) is 17.4 Å². The molecule has 3 aromatic rings. The molecule has 0 aromatic heterocycles. The number of allylic oxidation sites excluding steroid dienone is 2. The number of carbonyl (C=O) groups is 4. The van der Waals surface area contributed by atoms with Crippen molar-refractivity contribution in [2.45, 2.75) is 45.3 Å². The van der Waals surface area contributed by atoms with Crippen LogP contribution in [0.1, 0.15) is 43.9 Å². The first-order valence-electron chi connectivity index (χ1n) is 13.1. The molecule has 1 atom stereocenters. The van der Waals surface area contributed by atoms with E-state index >= 15 is 0 Å². The van der Waals surface area contributed by atoms with Crippen molar-refractivity contribution >= 4 is 41.4 Å². The second kappa shape index (κ2) is 14.4. The van der Waals surface area contributed by atoms with E-state index < -0.39 is 23.6 Å². The van der Waals surface area contributed by atoms with E-state index in [1.54, 1.807) is 69.3 Å². The molecule has 212 valence electrons. The van der Waals surface area contributed by atoms with Crippen LogP contribution in [0.2, 0.25) is 0 Å². The van der Waals surface area contributed by atoms with E-state index in [2.05, 4.69) is 10.6 Å². The summed E-state index contributed by atoms with van der Waals surface area (Å²) in [7, 11) is 0. The van der Waals surface area contributed by atoms with Crippen LogP contribution >= 0.6 is 0 Å². The molecule has 0 spiro atoms. The molecular formula is C33H34N2O6. The van der Waals surface area contributed by atoms with Crippen molar-refractivity contribution in [1.82, 2.24) is 5.32 Å². The summed E-state index contributed by atoms with van der Waals surface area (Å²) in [5.74, 6) is -0.959. The van der Waals surface area contributed by atoms with Crippen molar-refractivity contribution in [3.8, 4) is 5.75 Å². The van der Waals surface area contributed by atoms with Crippen LogP contribution in [0.5, 0.6) is 5.75 Å². The summed E-state index contributed by atoms with van der Waals surface area (Å²) in [6.45, 7) is 5.24. The third-order valence-corrected chi connectivity index (χ3v) is 5.63. The summed E-state index contributed by atoms with van der Waals surface area (Å²) in [6.07, 6.45) is 5.16. The molecule has 3 N–H and O–H groups in total. The summed E-state index contributed by atoms with van der Waals surface area (Å²) < 4.78 is 5.33. The molecule has 3 rings (SSSR count). The van der Waals surface area contributed by atoms with Crippen molar-refractivity contribution in [3.05, 3.63) is 108 Å². The number of aromatic hydroxyl groups is 1. The van der Waals surface area contributed by atoms with Gasteiger partial charge in [-0.3, -0.25) is 14.4 Å². The third kappa shape index (κ3) is 11.3. The zero-order chi connectivity index (χ0) is 29.8. The van der Waals surface area contributed by atoms with Gasteiger partial charge in [0.05, 0.1) is 6.42 Å². The highest BCUT2D eigenvalue weighted by Gasteiger charge is 2.25. The molecule has 2 amide bonds. The molecule has 0 saturated heterocycles. The molecule has 0 radical (unpaired) electrons. The zero-order valence-corrected chi connectivity index (χ0v) is 23.3. The van der Waals surface area contributed by atoms with E-state index in [4.69, 9.17) is 4.74 Å². The molecule has 1 unspecified atom stereocenters. The average molecular weight is 555 g/mol. The second-order valence-electron chi connectivity index (χ2n) is 10.4. The lowest BCUT2D eigenvalue weighted by atomic mass is 10.1. The Hall–Kier alpha value is -4.98. The molecule has 0 aliphatic carbocycles. The van der Waals surface area contributed by atoms with Gasteiger partial charge in [0.25, 0.3) is 0 Å². The fourth-order valence-corrected chi connectivity index (χ4v) is 3.67. The van der Waals surface area contributed by atoms with E-state index in [-0.39, 0.29) is 30.2 Å². The minimum absolute atomic E-state index is 0.131. The molecule has 8 heteroatoms. The molecule has 0 bridgehead atoms. The number of phenolic OH excluding ortho intramolecular Hbond substituents is 1. The third-order valence-electron chi connectivity index (χ3n) is 5.63. The maximum atomic E-state index is 13.1. The van der Waals surface area contributed by atoms with Gasteiger partial charge in [0.2, 0.25) is 5.91 Å². The quantitative estimate of drug-likeness (QED) is 0.206. The Balaban J connectivity index is 1.57. The summed E-state index contributed by atoms with van der Waals surface area (Å²) in [5, 5.41) is 14.8. The van der Waals surface area contributed by atoms with Gasteiger partial charge in [-0.05, 0) is 73.9 Å². The molecule has 3 aromatic carbocycles. The Labute approximate surface area is 239 Å². The largest absolute Gasteiger partial charge is 0.508 e. The van der Waals surface area contributed by atoms with Crippen LogP contribution < -0.4 is 10.6 Å². The number of ether oxygens (including phenoxy) is 1. The minimum Gasteiger partial charge on any atom is -0.508 e. The van der Waals surface area contributed by atoms with Crippen molar-refractivity contribution < 1.29 is 29.0 Å². The molecule has 41 heavy (non-hydrogen) atoms. The zero-order valence-electron chi connectivity index (χ0n) is 23.3. The Morgan fingerprint density at radius 3 is 1.88 bits per heavy atom. The van der Waals surface area contributed by atoms with Crippen LogP contribution in [0.25, 0.3) is 12.2 Å². The number of rotatable bonds is 11. The van der Waals surface area contributed by atoms with Crippen LogP contribution in [0.15, 0.2) is 91.0 Å². The topological polar surface area (TPSA) is 122 Å². The van der Waals surface area contributed by atoms with Crippen molar-refractivity contribution in [1.29, 1.82) is 0 Å². The van der Waals surface area contributed by atoms with E-state index in [0.29, 0.717) is 11.3 Å². The number of phenols is 1. The molecule has 0 heterocycles. The summed E-state index contributed by atoms with van der Waals surface area (Å²) >= 11 is 0. The number of carbonyl (C=O) groups excluding carboxylic acids is 4. The number of benzene rings is 3. The number of amides is 2. The van der Waals surface area contributed by atoms with Crippen LogP contribution in [-0.4, -0.2) is 40.3 Å². The standard InChI is InChI=1S/C33H34N2O6/c1-33(2,3)41-32(40)35-30(21-25-7-5-4-6-8-25)31(39)34-26-15-9-23(10-16-26)13-19-28(37)22-29(38)20-14-24-11-17-27(36)18-12-24/h4-20,30,36H,21-22H2,1-3H3,(H,34,39)(H,35,40). The van der Waals surface area contributed by atoms with Gasteiger partial charge >= 0.3 is 6.09 Å². The first-order valence-corrected chi connectivity index (χ1v) is 13.1. The first kappa shape index (κ1) is 30.6. The van der Waals surface area contributed by atoms with Gasteiger partial charge in [-0.25, -0.2) is 4.79 Å². The van der Waals surface area contributed by atoms with Crippen LogP contribution in [0.4, 0.5) is 10.5 Å². The second-order valence-corrected chi connectivity index (χ2v) is 10.4. The van der Waals surface area contributed by atoms with E-state index in [1.807, 2.05) is 30.3 Å². The van der Waals surface area contributed by atoms with Gasteiger partial charge in [-0.15, -0.1) is 0 Å². The maximum absolute atomic E-state index is 13.1. The lowest BCUT2D eigenvalue weighted by molar-refractivity contribution is -0.122. The SMILES string of the molecule is CC(C)(C)OC(=O)NC(Cc1ccccc1)C(=O)Nc1ccc(C=CC(=O)CC(=O)C=Cc2ccc(O)cc2)cc1. The number of hydrogen-bond acceptors (Lipinski definition) is 6. The smallest absolute Gasteiger partial charge is 0.408 e. The van der Waals surface area contributed by atoms with Crippen LogP contribution in [0, 0.1) is 0 Å². The maximum Gasteiger partial charge on any atom is 0.408 e. The molecule has 8 nitrogen and oxygen atoms in total. The lowest BCUT2D eigenvalue weighted by Crippen LogP contribution is -2.47. The van der Waals surface area contributed by atoms with Crippen molar-refractivity contribution in [3.63, 3.8) is 0 Å². The Bertz CT molecular complexity index is 1400. The highest BCUT2D eigenvalue weighted by molar-refractivity contribution is 6.10. The Morgan fingerprint density at radius 1 is 0.805 bits per heavy atom. The summed E-state index contributed by atoms with van der Waals surface area (Å²) in [5.41, 5.74) is 2.12. The van der Waals surface area contributed by atoms with Gasteiger partial charge in [-0.1, -0.05) is 66.7 Å². The summed E-state index contributed by atoms with van der Waals surface area (Å²) in [4.78, 5) is 49.8. The summed E-state index contributed by atoms with van der Waals surface area (Å²) in [6, 6.07) is 21.6. The van der Waals surface area contributed by atoms with Crippen molar-refractivity contribution in [2.24, 2.45) is 0 Å². The normalized spacial score (nSPS) is 12.2. The van der Waals surface area contributed by atoms with Crippen LogP contribution in [-0.2, 0) is 25.5 Å². The monoisotopic (exact) mass is 554 g/mol. The van der Waals surface area contributed by atoms with E-state index in [9.17, 15) is 24.3 Å². The van der Waals surface area contributed by atoms with Gasteiger partial charge in [0.15, 0.2) is 11.6 Å². The number of hydrogen-bond donors (Lipinski definition) is 3. The number of anilines is 1. The molecule has 0 aliphatic heterocycles. The average Bonchev–Trinajstić information content (AvgIpc) is 2.91. The van der Waals surface area contributed by atoms with Gasteiger partial charge < -0.3 is 20.5 Å². The fraction of sp³-hybridized carbons (Fsp3) is 0.212. The molecular weight excluding hydrogens is 520 g/mol. The lowest BCUT2D eigenvalue weighted by Gasteiger charge is -2.23. The predicted molar refractivity (Wildman–Crippen MR) is 159 cm³/mol. The van der Waals surface area contributed by atoms with Gasteiger partial charge in [-0.2, -0.15) is 0 Å². The molecule has 0 aliphatic rings. The number of ketones is 2. The number of nitrogens with one attached hydrogen (secondary N) is 2. The highest BCUT2D eigenvalue weighted by atomic mass is 16.6. The van der Waals surface area contributed by atoms with E-state index in [1.165, 1.54) is 24.3 Å². The van der Waals surface area contributed by atoms with Crippen molar-refractivity contribution in [2.75, 3.05) is 5.32 Å². The minimum atomic E-state index is -0.870. The highest BCUT2D eigenvalue weighted by Crippen LogP contribution is 2.14. The first-order chi connectivity index (χ1) is 19.5. The fourth-order valence-electron chi connectivity index (χ4n) is 3.67. The molecule has 0 fully saturated rings. The number of alkyl carbamates (subject to hydrolysis) is 1. The van der Waals surface area contributed by atoms with Crippen LogP contribution in [0.3, 0.4) is 0 Å². The molecule has 0 saturated carbocycles.